The lowest BCUT2D eigenvalue weighted by molar-refractivity contribution is -0.144. The minimum atomic E-state index is -1.28. The first-order valence-corrected chi connectivity index (χ1v) is 11.7. The van der Waals surface area contributed by atoms with E-state index < -0.39 is 23.0 Å². The summed E-state index contributed by atoms with van der Waals surface area (Å²) in [5.74, 6) is -0.0755. The maximum Gasteiger partial charge on any atom is 0.417 e. The molecule has 30 heavy (non-hydrogen) atoms. The van der Waals surface area contributed by atoms with E-state index in [1.54, 1.807) is 31.9 Å². The molecular weight excluding hydrogens is 404 g/mol. The normalized spacial score (nSPS) is 24.7. The summed E-state index contributed by atoms with van der Waals surface area (Å²) in [6, 6.07) is 0.0291. The van der Waals surface area contributed by atoms with Gasteiger partial charge in [-0.05, 0) is 46.3 Å². The van der Waals surface area contributed by atoms with Gasteiger partial charge in [-0.25, -0.2) is 19.7 Å². The highest BCUT2D eigenvalue weighted by Gasteiger charge is 2.60. The molecule has 1 aromatic heterocycles. The number of hydrogen-bond donors (Lipinski definition) is 0. The second-order valence-electron chi connectivity index (χ2n) is 9.26. The first-order chi connectivity index (χ1) is 14.2. The molecule has 3 amide bonds. The van der Waals surface area contributed by atoms with Crippen LogP contribution < -0.4 is 4.90 Å². The molecule has 4 rings (SSSR count). The van der Waals surface area contributed by atoms with Crippen LogP contribution in [0.4, 0.5) is 10.6 Å². The van der Waals surface area contributed by atoms with Crippen molar-refractivity contribution in [1.82, 2.24) is 14.9 Å². The van der Waals surface area contributed by atoms with Crippen molar-refractivity contribution in [3.05, 3.63) is 11.8 Å². The summed E-state index contributed by atoms with van der Waals surface area (Å²) in [4.78, 5) is 51.7. The quantitative estimate of drug-likeness (QED) is 0.402. The number of hydrogen-bond acceptors (Lipinski definition) is 7. The summed E-state index contributed by atoms with van der Waals surface area (Å²) in [5, 5.41) is 0.605. The molecule has 0 radical (unpaired) electrons. The van der Waals surface area contributed by atoms with Crippen LogP contribution in [-0.4, -0.2) is 57.2 Å². The van der Waals surface area contributed by atoms with Crippen LogP contribution in [0, 0.1) is 5.41 Å². The third-order valence-electron chi connectivity index (χ3n) is 6.07. The van der Waals surface area contributed by atoms with Gasteiger partial charge in [0, 0.05) is 30.8 Å². The first-order valence-electron chi connectivity index (χ1n) is 10.4. The number of fused-ring (bicyclic) bond motifs is 1. The Morgan fingerprint density at radius 1 is 1.23 bits per heavy atom. The van der Waals surface area contributed by atoms with Gasteiger partial charge >= 0.3 is 6.09 Å². The third kappa shape index (κ3) is 3.46. The molecule has 1 saturated carbocycles. The Bertz CT molecular complexity index is 893. The highest BCUT2D eigenvalue weighted by molar-refractivity contribution is 7.98. The van der Waals surface area contributed by atoms with Gasteiger partial charge in [0.05, 0.1) is 0 Å². The maximum atomic E-state index is 13.8. The molecular formula is C21H28N4O4S. The predicted octanol–water partition coefficient (Wildman–Crippen LogP) is 3.18. The van der Waals surface area contributed by atoms with Gasteiger partial charge in [-0.2, -0.15) is 0 Å². The summed E-state index contributed by atoms with van der Waals surface area (Å²) in [7, 11) is 0. The topological polar surface area (TPSA) is 92.7 Å². The lowest BCUT2D eigenvalue weighted by Gasteiger charge is -2.41. The SMILES string of the molecule is CSc1ncc2c(n1)N(C1CCCC1)C(=O)C1(CCN(C(=O)OC(C)(C)C)C1=O)C2. The standard InChI is InChI=1S/C21H28N4O4S/c1-20(2,3)29-19(28)24-10-9-21(16(24)26)11-13-12-22-18(30-4)23-15(13)25(17(21)27)14-7-5-6-8-14/h12,14H,5-11H2,1-4H3. The van der Waals surface area contributed by atoms with Crippen LogP contribution in [-0.2, 0) is 20.7 Å². The molecule has 2 fully saturated rings. The van der Waals surface area contributed by atoms with Gasteiger partial charge in [0.2, 0.25) is 11.8 Å². The molecule has 0 aromatic carbocycles. The van der Waals surface area contributed by atoms with Gasteiger partial charge < -0.3 is 4.74 Å². The molecule has 1 aliphatic carbocycles. The van der Waals surface area contributed by atoms with Crippen LogP contribution in [0.15, 0.2) is 11.4 Å². The number of carbonyl (C=O) groups excluding carboxylic acids is 3. The van der Waals surface area contributed by atoms with Gasteiger partial charge in [0.15, 0.2) is 5.16 Å². The molecule has 162 valence electrons. The number of thioether (sulfide) groups is 1. The lowest BCUT2D eigenvalue weighted by Crippen LogP contribution is -2.56. The van der Waals surface area contributed by atoms with Crippen LogP contribution in [0.5, 0.6) is 0 Å². The Balaban J connectivity index is 1.72. The van der Waals surface area contributed by atoms with Crippen molar-refractivity contribution >= 4 is 35.5 Å². The van der Waals surface area contributed by atoms with E-state index in [9.17, 15) is 14.4 Å². The zero-order chi connectivity index (χ0) is 21.7. The number of anilines is 1. The average Bonchev–Trinajstić information content (AvgIpc) is 3.31. The van der Waals surface area contributed by atoms with Crippen molar-refractivity contribution in [3.63, 3.8) is 0 Å². The van der Waals surface area contributed by atoms with E-state index in [0.29, 0.717) is 11.0 Å². The molecule has 3 aliphatic rings. The fraction of sp³-hybridized carbons (Fsp3) is 0.667. The van der Waals surface area contributed by atoms with E-state index in [0.717, 1.165) is 36.1 Å². The molecule has 8 nitrogen and oxygen atoms in total. The highest BCUT2D eigenvalue weighted by atomic mass is 32.2. The Morgan fingerprint density at radius 2 is 1.93 bits per heavy atom. The maximum absolute atomic E-state index is 13.8. The Hall–Kier alpha value is -2.16. The molecule has 0 bridgehead atoms. The van der Waals surface area contributed by atoms with Crippen LogP contribution >= 0.6 is 11.8 Å². The molecule has 2 aliphatic heterocycles. The van der Waals surface area contributed by atoms with Crippen LogP contribution in [0.3, 0.4) is 0 Å². The summed E-state index contributed by atoms with van der Waals surface area (Å²) in [6.07, 6.45) is 7.33. The predicted molar refractivity (Wildman–Crippen MR) is 112 cm³/mol. The summed E-state index contributed by atoms with van der Waals surface area (Å²) in [5.41, 5.74) is -1.20. The molecule has 1 atom stereocenters. The fourth-order valence-electron chi connectivity index (χ4n) is 4.67. The van der Waals surface area contributed by atoms with Crippen molar-refractivity contribution in [1.29, 1.82) is 0 Å². The highest BCUT2D eigenvalue weighted by Crippen LogP contribution is 2.46. The molecule has 0 N–H and O–H groups in total. The van der Waals surface area contributed by atoms with Crippen LogP contribution in [0.25, 0.3) is 0 Å². The molecule has 9 heteroatoms. The van der Waals surface area contributed by atoms with Crippen LogP contribution in [0.2, 0.25) is 0 Å². The number of imide groups is 1. The fourth-order valence-corrected chi connectivity index (χ4v) is 5.00. The van der Waals surface area contributed by atoms with E-state index in [-0.39, 0.29) is 31.3 Å². The molecule has 1 unspecified atom stereocenters. The van der Waals surface area contributed by atoms with Crippen LogP contribution in [0.1, 0.15) is 58.4 Å². The molecule has 1 aromatic rings. The zero-order valence-corrected chi connectivity index (χ0v) is 18.8. The summed E-state index contributed by atoms with van der Waals surface area (Å²) >= 11 is 1.42. The van der Waals surface area contributed by atoms with E-state index in [1.165, 1.54) is 11.8 Å². The van der Waals surface area contributed by atoms with Crippen molar-refractivity contribution in [2.45, 2.75) is 76.1 Å². The lowest BCUT2D eigenvalue weighted by atomic mass is 9.76. The number of rotatable bonds is 2. The largest absolute Gasteiger partial charge is 0.443 e. The van der Waals surface area contributed by atoms with Gasteiger partial charge in [0.25, 0.3) is 0 Å². The smallest absolute Gasteiger partial charge is 0.417 e. The molecule has 3 heterocycles. The third-order valence-corrected chi connectivity index (χ3v) is 6.63. The van der Waals surface area contributed by atoms with Gasteiger partial charge in [-0.1, -0.05) is 24.6 Å². The number of carbonyl (C=O) groups is 3. The average molecular weight is 433 g/mol. The van der Waals surface area contributed by atoms with E-state index in [4.69, 9.17) is 4.74 Å². The molecule has 1 saturated heterocycles. The Kier molecular flexibility index (Phi) is 5.28. The zero-order valence-electron chi connectivity index (χ0n) is 17.9. The van der Waals surface area contributed by atoms with Gasteiger partial charge in [-0.15, -0.1) is 0 Å². The number of aromatic nitrogens is 2. The minimum Gasteiger partial charge on any atom is -0.443 e. The van der Waals surface area contributed by atoms with E-state index in [1.807, 2.05) is 6.26 Å². The van der Waals surface area contributed by atoms with Crippen molar-refractivity contribution in [2.75, 3.05) is 17.7 Å². The van der Waals surface area contributed by atoms with Crippen molar-refractivity contribution in [3.8, 4) is 0 Å². The monoisotopic (exact) mass is 432 g/mol. The van der Waals surface area contributed by atoms with Gasteiger partial charge in [-0.3, -0.25) is 14.5 Å². The Morgan fingerprint density at radius 3 is 2.57 bits per heavy atom. The van der Waals surface area contributed by atoms with Crippen molar-refractivity contribution < 1.29 is 19.1 Å². The molecule has 1 spiro atoms. The minimum absolute atomic E-state index is 0.0291. The van der Waals surface area contributed by atoms with E-state index in [2.05, 4.69) is 9.97 Å². The summed E-state index contributed by atoms with van der Waals surface area (Å²) < 4.78 is 5.40. The second kappa shape index (κ2) is 7.51. The second-order valence-corrected chi connectivity index (χ2v) is 10.0. The van der Waals surface area contributed by atoms with Gasteiger partial charge in [0.1, 0.15) is 16.8 Å². The van der Waals surface area contributed by atoms with E-state index >= 15 is 0 Å². The summed E-state index contributed by atoms with van der Waals surface area (Å²) in [6.45, 7) is 5.44. The first kappa shape index (κ1) is 21.1. The van der Waals surface area contributed by atoms with Crippen molar-refractivity contribution in [2.24, 2.45) is 5.41 Å². The number of amides is 3. The number of ether oxygens (including phenoxy) is 1. The Labute approximate surface area is 180 Å². The number of likely N-dealkylation sites (tertiary alicyclic amines) is 1. The number of nitrogens with zero attached hydrogens (tertiary/aromatic N) is 4.